The molecule has 0 saturated carbocycles. The number of nitrogens with zero attached hydrogens (tertiary/aromatic N) is 3. The van der Waals surface area contributed by atoms with Crippen LogP contribution < -0.4 is 15.0 Å². The Morgan fingerprint density at radius 3 is 2.56 bits per heavy atom. The van der Waals surface area contributed by atoms with Crippen LogP contribution in [0.1, 0.15) is 23.0 Å². The van der Waals surface area contributed by atoms with Crippen molar-refractivity contribution in [1.29, 1.82) is 0 Å². The van der Waals surface area contributed by atoms with E-state index in [1.165, 1.54) is 4.90 Å². The average molecular weight is 501 g/mol. The van der Waals surface area contributed by atoms with Crippen molar-refractivity contribution in [2.45, 2.75) is 25.6 Å². The standard InChI is InChI=1S/C28H25ClN4O3/c1-28(27(35)30-17-20-11-6-7-14-25(20)36-2)18-32-24(16-23(31-32)19-9-4-3-5-10-19)26(34)33(28)22-13-8-12-21(29)15-22/h3-16H,17-18H2,1-2H3,(H,30,35)/t28-/m1/s1. The van der Waals surface area contributed by atoms with Gasteiger partial charge in [-0.2, -0.15) is 5.10 Å². The number of rotatable bonds is 6. The zero-order valence-corrected chi connectivity index (χ0v) is 20.7. The number of hydrogen-bond acceptors (Lipinski definition) is 4. The first-order chi connectivity index (χ1) is 17.4. The van der Waals surface area contributed by atoms with Gasteiger partial charge in [-0.3, -0.25) is 19.2 Å². The first-order valence-corrected chi connectivity index (χ1v) is 11.9. The molecule has 1 aliphatic rings. The number of nitrogens with one attached hydrogen (secondary N) is 1. The zero-order valence-electron chi connectivity index (χ0n) is 19.9. The number of methoxy groups -OCH3 is 1. The minimum atomic E-state index is -1.27. The number of hydrogen-bond donors (Lipinski definition) is 1. The minimum absolute atomic E-state index is 0.172. The van der Waals surface area contributed by atoms with E-state index in [-0.39, 0.29) is 24.9 Å². The van der Waals surface area contributed by atoms with Gasteiger partial charge in [-0.15, -0.1) is 0 Å². The van der Waals surface area contributed by atoms with Crippen molar-refractivity contribution in [3.05, 3.63) is 101 Å². The molecule has 5 rings (SSSR count). The van der Waals surface area contributed by atoms with Crippen molar-refractivity contribution in [3.8, 4) is 17.0 Å². The maximum Gasteiger partial charge on any atom is 0.277 e. The Morgan fingerprint density at radius 1 is 1.06 bits per heavy atom. The summed E-state index contributed by atoms with van der Waals surface area (Å²) < 4.78 is 7.04. The molecule has 1 atom stereocenters. The average Bonchev–Trinajstić information content (AvgIpc) is 3.32. The van der Waals surface area contributed by atoms with Crippen LogP contribution in [0.4, 0.5) is 5.69 Å². The highest BCUT2D eigenvalue weighted by Crippen LogP contribution is 2.35. The molecule has 0 spiro atoms. The number of ether oxygens (including phenoxy) is 1. The molecule has 2 amide bonds. The van der Waals surface area contributed by atoms with Crippen molar-refractivity contribution < 1.29 is 14.3 Å². The highest BCUT2D eigenvalue weighted by atomic mass is 35.5. The van der Waals surface area contributed by atoms with E-state index < -0.39 is 5.54 Å². The quantitative estimate of drug-likeness (QED) is 0.406. The Hall–Kier alpha value is -4.10. The molecular formula is C28H25ClN4O3. The van der Waals surface area contributed by atoms with Gasteiger partial charge < -0.3 is 10.1 Å². The van der Waals surface area contributed by atoms with Crippen LogP contribution in [-0.4, -0.2) is 34.2 Å². The Morgan fingerprint density at radius 2 is 1.81 bits per heavy atom. The Balaban J connectivity index is 1.54. The lowest BCUT2D eigenvalue weighted by atomic mass is 9.93. The Bertz CT molecular complexity index is 1440. The van der Waals surface area contributed by atoms with Crippen molar-refractivity contribution in [2.24, 2.45) is 0 Å². The first-order valence-electron chi connectivity index (χ1n) is 11.5. The lowest BCUT2D eigenvalue weighted by Crippen LogP contribution is -2.64. The Labute approximate surface area is 214 Å². The summed E-state index contributed by atoms with van der Waals surface area (Å²) in [6.07, 6.45) is 0. The van der Waals surface area contributed by atoms with E-state index in [0.717, 1.165) is 11.1 Å². The lowest BCUT2D eigenvalue weighted by Gasteiger charge is -2.43. The maximum atomic E-state index is 13.9. The SMILES string of the molecule is COc1ccccc1CNC(=O)[C@@]1(C)Cn2nc(-c3ccccc3)cc2C(=O)N1c1cccc(Cl)c1. The number of fused-ring (bicyclic) bond motifs is 1. The second-order valence-electron chi connectivity index (χ2n) is 8.83. The fourth-order valence-electron chi connectivity index (χ4n) is 4.57. The third-order valence-electron chi connectivity index (χ3n) is 6.41. The molecular weight excluding hydrogens is 476 g/mol. The van der Waals surface area contributed by atoms with Gasteiger partial charge in [0.1, 0.15) is 17.0 Å². The summed E-state index contributed by atoms with van der Waals surface area (Å²) in [7, 11) is 1.59. The number of carbonyl (C=O) groups is 2. The summed E-state index contributed by atoms with van der Waals surface area (Å²) in [5, 5.41) is 8.16. The number of benzene rings is 3. The monoisotopic (exact) mass is 500 g/mol. The smallest absolute Gasteiger partial charge is 0.277 e. The molecule has 2 heterocycles. The zero-order chi connectivity index (χ0) is 25.3. The minimum Gasteiger partial charge on any atom is -0.496 e. The molecule has 3 aromatic carbocycles. The molecule has 1 aromatic heterocycles. The van der Waals surface area contributed by atoms with E-state index in [1.54, 1.807) is 49.0 Å². The summed E-state index contributed by atoms with van der Waals surface area (Å²) in [4.78, 5) is 29.2. The number of aromatic nitrogens is 2. The molecule has 7 nitrogen and oxygen atoms in total. The predicted octanol–water partition coefficient (Wildman–Crippen LogP) is 4.95. The summed E-state index contributed by atoms with van der Waals surface area (Å²) in [5.41, 5.74) is 2.07. The molecule has 0 radical (unpaired) electrons. The van der Waals surface area contributed by atoms with Gasteiger partial charge in [0.15, 0.2) is 0 Å². The number of carbonyl (C=O) groups excluding carboxylic acids is 2. The highest BCUT2D eigenvalue weighted by Gasteiger charge is 2.49. The molecule has 0 saturated heterocycles. The number of anilines is 1. The van der Waals surface area contributed by atoms with Gasteiger partial charge in [-0.05, 0) is 37.3 Å². The molecule has 0 unspecified atom stereocenters. The summed E-state index contributed by atoms with van der Waals surface area (Å²) in [5.74, 6) is 0.0357. The predicted molar refractivity (Wildman–Crippen MR) is 139 cm³/mol. The second-order valence-corrected chi connectivity index (χ2v) is 9.26. The van der Waals surface area contributed by atoms with Gasteiger partial charge in [0.05, 0.1) is 19.3 Å². The van der Waals surface area contributed by atoms with Crippen LogP contribution in [0.5, 0.6) is 5.75 Å². The number of para-hydroxylation sites is 1. The van der Waals surface area contributed by atoms with Crippen LogP contribution in [0.2, 0.25) is 5.02 Å². The molecule has 1 aliphatic heterocycles. The molecule has 0 bridgehead atoms. The van der Waals surface area contributed by atoms with Crippen molar-refractivity contribution in [2.75, 3.05) is 12.0 Å². The maximum absolute atomic E-state index is 13.9. The van der Waals surface area contributed by atoms with E-state index in [9.17, 15) is 9.59 Å². The topological polar surface area (TPSA) is 76.5 Å². The third-order valence-corrected chi connectivity index (χ3v) is 6.65. The fourth-order valence-corrected chi connectivity index (χ4v) is 4.75. The van der Waals surface area contributed by atoms with Gasteiger partial charge in [0, 0.05) is 28.4 Å². The highest BCUT2D eigenvalue weighted by molar-refractivity contribution is 6.31. The van der Waals surface area contributed by atoms with Crippen LogP contribution in [0.15, 0.2) is 84.9 Å². The third kappa shape index (κ3) is 4.22. The summed E-state index contributed by atoms with van der Waals surface area (Å²) >= 11 is 6.27. The van der Waals surface area contributed by atoms with E-state index in [0.29, 0.717) is 27.8 Å². The molecule has 182 valence electrons. The Kier molecular flexibility index (Phi) is 6.24. The van der Waals surface area contributed by atoms with E-state index in [1.807, 2.05) is 54.6 Å². The van der Waals surface area contributed by atoms with Crippen molar-refractivity contribution in [3.63, 3.8) is 0 Å². The molecule has 4 aromatic rings. The summed E-state index contributed by atoms with van der Waals surface area (Å²) in [6, 6.07) is 25.9. The van der Waals surface area contributed by atoms with Crippen molar-refractivity contribution in [1.82, 2.24) is 15.1 Å². The van der Waals surface area contributed by atoms with Crippen molar-refractivity contribution >= 4 is 29.1 Å². The second kappa shape index (κ2) is 9.51. The van der Waals surface area contributed by atoms with E-state index >= 15 is 0 Å². The van der Waals surface area contributed by atoms with Gasteiger partial charge in [0.2, 0.25) is 5.91 Å². The van der Waals surface area contributed by atoms with Gasteiger partial charge in [0.25, 0.3) is 5.91 Å². The van der Waals surface area contributed by atoms with Crippen LogP contribution in [0.25, 0.3) is 11.3 Å². The first kappa shape index (κ1) is 23.6. The van der Waals surface area contributed by atoms with Crippen LogP contribution >= 0.6 is 11.6 Å². The van der Waals surface area contributed by atoms with Gasteiger partial charge in [-0.25, -0.2) is 0 Å². The molecule has 0 fully saturated rings. The van der Waals surface area contributed by atoms with Crippen LogP contribution in [0, 0.1) is 0 Å². The summed E-state index contributed by atoms with van der Waals surface area (Å²) in [6.45, 7) is 2.17. The van der Waals surface area contributed by atoms with Gasteiger partial charge in [-0.1, -0.05) is 66.2 Å². The largest absolute Gasteiger partial charge is 0.496 e. The van der Waals surface area contributed by atoms with Crippen LogP contribution in [0.3, 0.4) is 0 Å². The van der Waals surface area contributed by atoms with Crippen LogP contribution in [-0.2, 0) is 17.9 Å². The molecule has 36 heavy (non-hydrogen) atoms. The molecule has 8 heteroatoms. The normalized spacial score (nSPS) is 17.0. The molecule has 0 aliphatic carbocycles. The van der Waals surface area contributed by atoms with Gasteiger partial charge >= 0.3 is 0 Å². The number of amides is 2. The fraction of sp³-hybridized carbons (Fsp3) is 0.179. The van der Waals surface area contributed by atoms with E-state index in [4.69, 9.17) is 16.3 Å². The lowest BCUT2D eigenvalue weighted by molar-refractivity contribution is -0.126. The molecule has 1 N–H and O–H groups in total. The van der Waals surface area contributed by atoms with E-state index in [2.05, 4.69) is 10.4 Å². The number of halogens is 1.